The fraction of sp³-hybridized carbons (Fsp3) is 0.250. The predicted molar refractivity (Wildman–Crippen MR) is 99.4 cm³/mol. The molecule has 1 atom stereocenters. The Hall–Kier alpha value is -3.26. The Balaban J connectivity index is 1.29. The molecule has 1 aliphatic heterocycles. The maximum absolute atomic E-state index is 13.0. The van der Waals surface area contributed by atoms with E-state index in [1.807, 2.05) is 24.3 Å². The minimum atomic E-state index is -0.532. The first-order chi connectivity index (χ1) is 13.6. The van der Waals surface area contributed by atoms with Gasteiger partial charge in [0.1, 0.15) is 18.6 Å². The summed E-state index contributed by atoms with van der Waals surface area (Å²) in [5.41, 5.74) is 3.00. The minimum absolute atomic E-state index is 0.0970. The van der Waals surface area contributed by atoms with Gasteiger partial charge in [-0.25, -0.2) is 4.39 Å². The maximum atomic E-state index is 13.0. The van der Waals surface area contributed by atoms with Gasteiger partial charge >= 0.3 is 11.8 Å². The second kappa shape index (κ2) is 7.77. The Labute approximate surface area is 160 Å². The number of nitro groups is 1. The van der Waals surface area contributed by atoms with Crippen LogP contribution in [0.25, 0.3) is 11.1 Å². The standard InChI is InChI=1S/C20H18FN3O4/c21-18-7-5-17(6-8-18)16-3-1-14(2-4-16)11-27-12-15-9-23-10-19(24(25)26)22-20(23)28-13-15/h1-8,10,15H,9,11-13H2. The summed E-state index contributed by atoms with van der Waals surface area (Å²) in [7, 11) is 0. The van der Waals surface area contributed by atoms with Gasteiger partial charge in [-0.2, -0.15) is 0 Å². The normalized spacial score (nSPS) is 15.7. The number of hydrogen-bond donors (Lipinski definition) is 0. The van der Waals surface area contributed by atoms with Crippen LogP contribution in [0.4, 0.5) is 10.2 Å². The topological polar surface area (TPSA) is 79.4 Å². The molecule has 0 N–H and O–H groups in total. The maximum Gasteiger partial charge on any atom is 0.414 e. The largest absolute Gasteiger partial charge is 0.445 e. The van der Waals surface area contributed by atoms with Gasteiger partial charge in [-0.3, -0.25) is 4.57 Å². The van der Waals surface area contributed by atoms with Crippen molar-refractivity contribution >= 4 is 5.82 Å². The van der Waals surface area contributed by atoms with Gasteiger partial charge in [0.05, 0.1) is 13.2 Å². The molecule has 2 heterocycles. The molecule has 0 saturated carbocycles. The Morgan fingerprint density at radius 2 is 1.86 bits per heavy atom. The van der Waals surface area contributed by atoms with Gasteiger partial charge in [0.2, 0.25) is 0 Å². The molecule has 28 heavy (non-hydrogen) atoms. The highest BCUT2D eigenvalue weighted by Crippen LogP contribution is 2.24. The van der Waals surface area contributed by atoms with Gasteiger partial charge in [0.25, 0.3) is 0 Å². The summed E-state index contributed by atoms with van der Waals surface area (Å²) < 4.78 is 25.9. The predicted octanol–water partition coefficient (Wildman–Crippen LogP) is 3.82. The number of fused-ring (bicyclic) bond motifs is 1. The Morgan fingerprint density at radius 3 is 2.54 bits per heavy atom. The molecule has 0 bridgehead atoms. The number of halogens is 1. The summed E-state index contributed by atoms with van der Waals surface area (Å²) in [5, 5.41) is 10.8. The molecule has 4 rings (SSSR count). The number of ether oxygens (including phenoxy) is 2. The molecular formula is C20H18FN3O4. The van der Waals surface area contributed by atoms with Gasteiger partial charge in [0.15, 0.2) is 0 Å². The van der Waals surface area contributed by atoms with Crippen LogP contribution in [-0.4, -0.2) is 27.7 Å². The molecule has 0 radical (unpaired) electrons. The van der Waals surface area contributed by atoms with Crippen LogP contribution >= 0.6 is 0 Å². The van der Waals surface area contributed by atoms with Crippen LogP contribution in [0.1, 0.15) is 5.56 Å². The van der Waals surface area contributed by atoms with E-state index in [4.69, 9.17) is 9.47 Å². The molecule has 8 heteroatoms. The number of hydrogen-bond acceptors (Lipinski definition) is 5. The molecule has 0 amide bonds. The van der Waals surface area contributed by atoms with E-state index in [9.17, 15) is 14.5 Å². The molecule has 1 aliphatic rings. The third-order valence-corrected chi connectivity index (χ3v) is 4.57. The van der Waals surface area contributed by atoms with Crippen LogP contribution in [0.15, 0.2) is 54.7 Å². The van der Waals surface area contributed by atoms with Gasteiger partial charge in [-0.15, -0.1) is 0 Å². The Bertz CT molecular complexity index is 970. The van der Waals surface area contributed by atoms with Crippen LogP contribution in [0.3, 0.4) is 0 Å². The average Bonchev–Trinajstić information content (AvgIpc) is 3.13. The van der Waals surface area contributed by atoms with Crippen molar-refractivity contribution in [3.8, 4) is 17.1 Å². The highest BCUT2D eigenvalue weighted by molar-refractivity contribution is 5.63. The number of aromatic nitrogens is 2. The van der Waals surface area contributed by atoms with Crippen LogP contribution in [0.5, 0.6) is 6.01 Å². The average molecular weight is 383 g/mol. The summed E-state index contributed by atoms with van der Waals surface area (Å²) in [4.78, 5) is 14.1. The molecule has 2 aromatic carbocycles. The molecule has 0 aliphatic carbocycles. The van der Waals surface area contributed by atoms with Crippen molar-refractivity contribution in [3.63, 3.8) is 0 Å². The van der Waals surface area contributed by atoms with E-state index in [1.165, 1.54) is 18.3 Å². The first kappa shape index (κ1) is 18.1. The molecule has 0 fully saturated rings. The van der Waals surface area contributed by atoms with E-state index in [1.54, 1.807) is 16.7 Å². The Kier molecular flexibility index (Phi) is 5.03. The SMILES string of the molecule is O=[N+]([O-])c1cn2c(n1)OCC(COCc1ccc(-c3ccc(F)cc3)cc1)C2. The lowest BCUT2D eigenvalue weighted by molar-refractivity contribution is -0.389. The monoisotopic (exact) mass is 383 g/mol. The van der Waals surface area contributed by atoms with Crippen molar-refractivity contribution in [3.05, 3.63) is 76.2 Å². The summed E-state index contributed by atoms with van der Waals surface area (Å²) in [6.45, 7) is 1.92. The van der Waals surface area contributed by atoms with Crippen molar-refractivity contribution in [2.45, 2.75) is 13.2 Å². The first-order valence-corrected chi connectivity index (χ1v) is 8.85. The van der Waals surface area contributed by atoms with Gasteiger partial charge in [0, 0.05) is 17.4 Å². The molecule has 144 valence electrons. The quantitative estimate of drug-likeness (QED) is 0.478. The van der Waals surface area contributed by atoms with Gasteiger partial charge < -0.3 is 19.6 Å². The van der Waals surface area contributed by atoms with Crippen molar-refractivity contribution in [1.82, 2.24) is 9.55 Å². The second-order valence-electron chi connectivity index (χ2n) is 6.69. The minimum Gasteiger partial charge on any atom is -0.445 e. The Morgan fingerprint density at radius 1 is 1.18 bits per heavy atom. The molecular weight excluding hydrogens is 365 g/mol. The fourth-order valence-electron chi connectivity index (χ4n) is 3.12. The van der Waals surface area contributed by atoms with E-state index in [2.05, 4.69) is 4.98 Å². The number of rotatable bonds is 6. The zero-order chi connectivity index (χ0) is 19.5. The molecule has 0 spiro atoms. The van der Waals surface area contributed by atoms with Gasteiger partial charge in [-0.1, -0.05) is 36.4 Å². The molecule has 0 saturated heterocycles. The van der Waals surface area contributed by atoms with Crippen molar-refractivity contribution in [2.75, 3.05) is 13.2 Å². The highest BCUT2D eigenvalue weighted by atomic mass is 19.1. The third kappa shape index (κ3) is 4.01. The smallest absolute Gasteiger partial charge is 0.414 e. The number of nitrogens with zero attached hydrogens (tertiary/aromatic N) is 3. The van der Waals surface area contributed by atoms with Crippen LogP contribution in [0, 0.1) is 21.8 Å². The van der Waals surface area contributed by atoms with Crippen molar-refractivity contribution < 1.29 is 18.8 Å². The van der Waals surface area contributed by atoms with E-state index in [-0.39, 0.29) is 23.6 Å². The van der Waals surface area contributed by atoms with Gasteiger partial charge in [-0.05, 0) is 33.7 Å². The van der Waals surface area contributed by atoms with Crippen molar-refractivity contribution in [2.24, 2.45) is 5.92 Å². The fourth-order valence-corrected chi connectivity index (χ4v) is 3.12. The van der Waals surface area contributed by atoms with E-state index in [0.717, 1.165) is 16.7 Å². The summed E-state index contributed by atoms with van der Waals surface area (Å²) in [6, 6.07) is 14.6. The summed E-state index contributed by atoms with van der Waals surface area (Å²) >= 11 is 0. The molecule has 1 unspecified atom stereocenters. The van der Waals surface area contributed by atoms with Crippen molar-refractivity contribution in [1.29, 1.82) is 0 Å². The zero-order valence-electron chi connectivity index (χ0n) is 15.0. The lowest BCUT2D eigenvalue weighted by Crippen LogP contribution is -2.28. The van der Waals surface area contributed by atoms with E-state index >= 15 is 0 Å². The van der Waals surface area contributed by atoms with Crippen LogP contribution in [0.2, 0.25) is 0 Å². The zero-order valence-corrected chi connectivity index (χ0v) is 15.0. The molecule has 3 aromatic rings. The summed E-state index contributed by atoms with van der Waals surface area (Å²) in [5.74, 6) is -0.365. The third-order valence-electron chi connectivity index (χ3n) is 4.57. The molecule has 7 nitrogen and oxygen atoms in total. The first-order valence-electron chi connectivity index (χ1n) is 8.85. The lowest BCUT2D eigenvalue weighted by atomic mass is 10.0. The highest BCUT2D eigenvalue weighted by Gasteiger charge is 2.27. The lowest BCUT2D eigenvalue weighted by Gasteiger charge is -2.21. The second-order valence-corrected chi connectivity index (χ2v) is 6.69. The summed E-state index contributed by atoms with van der Waals surface area (Å²) in [6.07, 6.45) is 1.38. The number of benzene rings is 2. The molecule has 1 aromatic heterocycles. The van der Waals surface area contributed by atoms with E-state index < -0.39 is 4.92 Å². The van der Waals surface area contributed by atoms with Crippen LogP contribution < -0.4 is 4.74 Å². The number of imidazole rings is 1. The van der Waals surface area contributed by atoms with Crippen LogP contribution in [-0.2, 0) is 17.9 Å². The van der Waals surface area contributed by atoms with E-state index in [0.29, 0.717) is 26.4 Å².